The number of anilines is 1. The van der Waals surface area contributed by atoms with E-state index in [9.17, 15) is 14.4 Å². The Hall–Kier alpha value is -2.83. The van der Waals surface area contributed by atoms with Gasteiger partial charge < -0.3 is 10.1 Å². The van der Waals surface area contributed by atoms with Crippen LogP contribution in [0.4, 0.5) is 5.69 Å². The zero-order valence-electron chi connectivity index (χ0n) is 15.2. The molecule has 2 saturated carbocycles. The molecule has 1 aliphatic heterocycles. The number of benzene rings is 1. The van der Waals surface area contributed by atoms with Gasteiger partial charge in [-0.3, -0.25) is 19.1 Å². The second-order valence-corrected chi connectivity index (χ2v) is 7.85. The molecule has 7 nitrogen and oxygen atoms in total. The van der Waals surface area contributed by atoms with E-state index >= 15 is 0 Å². The number of ether oxygens (including phenoxy) is 1. The highest BCUT2D eigenvalue weighted by atomic mass is 16.6. The number of hydrogen-bond donors (Lipinski definition) is 1. The molecule has 5 rings (SSSR count). The quantitative estimate of drug-likeness (QED) is 0.836. The predicted molar refractivity (Wildman–Crippen MR) is 97.5 cm³/mol. The lowest BCUT2D eigenvalue weighted by Crippen LogP contribution is -2.37. The third kappa shape index (κ3) is 2.17. The maximum absolute atomic E-state index is 13.0. The Bertz CT molecular complexity index is 1000. The Kier molecular flexibility index (Phi) is 3.38. The number of rotatable bonds is 3. The van der Waals surface area contributed by atoms with E-state index in [4.69, 9.17) is 4.74 Å². The standard InChI is InChI=1S/C20H21N3O4/c1-10-17(19(25)23(22(10)2)12-6-4-3-5-7-12)21-18(24)15-11-8-13-14(9-11)27-20(26)16(13)15/h3-7,11,13-16H,8-9H2,1-2H3,(H,21,24)/t11-,13-,14-,15+,16+/m1/s1. The smallest absolute Gasteiger partial charge is 0.310 e. The van der Waals surface area contributed by atoms with Crippen LogP contribution in [-0.2, 0) is 21.4 Å². The molecule has 1 saturated heterocycles. The van der Waals surface area contributed by atoms with E-state index in [-0.39, 0.29) is 47.0 Å². The van der Waals surface area contributed by atoms with Crippen molar-refractivity contribution in [1.82, 2.24) is 9.36 Å². The minimum absolute atomic E-state index is 0.00896. The maximum atomic E-state index is 13.0. The molecular weight excluding hydrogens is 346 g/mol. The molecule has 0 spiro atoms. The predicted octanol–water partition coefficient (Wildman–Crippen LogP) is 1.62. The summed E-state index contributed by atoms with van der Waals surface area (Å²) in [4.78, 5) is 38.2. The number of fused-ring (bicyclic) bond motifs is 1. The molecule has 7 heteroatoms. The fraction of sp³-hybridized carbons (Fsp3) is 0.450. The lowest BCUT2D eigenvalue weighted by molar-refractivity contribution is -0.145. The number of hydrogen-bond acceptors (Lipinski definition) is 4. The Morgan fingerprint density at radius 1 is 1.19 bits per heavy atom. The number of carbonyl (C=O) groups excluding carboxylic acids is 2. The lowest BCUT2D eigenvalue weighted by Gasteiger charge is -2.23. The molecule has 1 N–H and O–H groups in total. The summed E-state index contributed by atoms with van der Waals surface area (Å²) in [6, 6.07) is 9.30. The van der Waals surface area contributed by atoms with Gasteiger partial charge in [-0.2, -0.15) is 0 Å². The molecule has 2 heterocycles. The van der Waals surface area contributed by atoms with Gasteiger partial charge in [0.2, 0.25) is 5.91 Å². The van der Waals surface area contributed by atoms with Crippen molar-refractivity contribution in [2.24, 2.45) is 30.7 Å². The summed E-state index contributed by atoms with van der Waals surface area (Å²) in [5.74, 6) is -0.917. The largest absolute Gasteiger partial charge is 0.462 e. The van der Waals surface area contributed by atoms with Gasteiger partial charge in [-0.1, -0.05) is 18.2 Å². The average Bonchev–Trinajstić information content (AvgIpc) is 3.32. The van der Waals surface area contributed by atoms with Crippen molar-refractivity contribution in [2.75, 3.05) is 5.32 Å². The minimum Gasteiger partial charge on any atom is -0.462 e. The first kappa shape index (κ1) is 16.4. The molecule has 2 bridgehead atoms. The van der Waals surface area contributed by atoms with Crippen molar-refractivity contribution in [1.29, 1.82) is 0 Å². The summed E-state index contributed by atoms with van der Waals surface area (Å²) < 4.78 is 8.67. The van der Waals surface area contributed by atoms with Gasteiger partial charge in [0, 0.05) is 13.0 Å². The van der Waals surface area contributed by atoms with Crippen LogP contribution in [0.5, 0.6) is 0 Å². The summed E-state index contributed by atoms with van der Waals surface area (Å²) in [6.45, 7) is 1.80. The van der Waals surface area contributed by atoms with Gasteiger partial charge in [0.25, 0.3) is 5.56 Å². The van der Waals surface area contributed by atoms with Crippen LogP contribution >= 0.6 is 0 Å². The maximum Gasteiger partial charge on any atom is 0.310 e. The first-order valence-corrected chi connectivity index (χ1v) is 9.32. The molecule has 3 aliphatic rings. The summed E-state index contributed by atoms with van der Waals surface area (Å²) in [5.41, 5.74) is 1.41. The third-order valence-electron chi connectivity index (χ3n) is 6.59. The summed E-state index contributed by atoms with van der Waals surface area (Å²) in [5, 5.41) is 2.84. The molecule has 1 aromatic heterocycles. The van der Waals surface area contributed by atoms with Crippen molar-refractivity contribution in [3.63, 3.8) is 0 Å². The molecule has 1 amide bonds. The Labute approximate surface area is 155 Å². The van der Waals surface area contributed by atoms with Gasteiger partial charge in [0.05, 0.1) is 23.2 Å². The second kappa shape index (κ2) is 5.58. The Balaban J connectivity index is 1.48. The SMILES string of the molecule is Cc1c(NC(=O)[C@H]2[C@@H]3C[C@H]4[C@@H]2C(=O)O[C@@H]4C3)c(=O)n(-c2ccccc2)n1C. The highest BCUT2D eigenvalue weighted by molar-refractivity contribution is 5.97. The molecule has 1 aromatic carbocycles. The van der Waals surface area contributed by atoms with Gasteiger partial charge >= 0.3 is 5.97 Å². The second-order valence-electron chi connectivity index (χ2n) is 7.85. The van der Waals surface area contributed by atoms with Crippen LogP contribution in [0, 0.1) is 30.6 Å². The minimum atomic E-state index is -0.398. The molecule has 0 unspecified atom stereocenters. The highest BCUT2D eigenvalue weighted by Crippen LogP contribution is 2.57. The van der Waals surface area contributed by atoms with Crippen LogP contribution in [0.25, 0.3) is 5.69 Å². The van der Waals surface area contributed by atoms with Gasteiger partial charge in [-0.25, -0.2) is 4.68 Å². The van der Waals surface area contributed by atoms with Gasteiger partial charge in [0.15, 0.2) is 0 Å². The molecule has 2 aromatic rings. The summed E-state index contributed by atoms with van der Waals surface area (Å²) in [6.07, 6.45) is 1.61. The van der Waals surface area contributed by atoms with Crippen molar-refractivity contribution in [2.45, 2.75) is 25.9 Å². The van der Waals surface area contributed by atoms with Crippen molar-refractivity contribution < 1.29 is 14.3 Å². The normalized spacial score (nSPS) is 30.6. The van der Waals surface area contributed by atoms with Crippen LogP contribution in [0.15, 0.2) is 35.1 Å². The molecule has 140 valence electrons. The summed E-state index contributed by atoms with van der Waals surface area (Å²) >= 11 is 0. The monoisotopic (exact) mass is 367 g/mol. The van der Waals surface area contributed by atoms with Crippen LogP contribution < -0.4 is 10.9 Å². The molecule has 27 heavy (non-hydrogen) atoms. The number of aromatic nitrogens is 2. The average molecular weight is 367 g/mol. The fourth-order valence-electron chi connectivity index (χ4n) is 5.28. The van der Waals surface area contributed by atoms with Crippen molar-refractivity contribution >= 4 is 17.6 Å². The number of carbonyl (C=O) groups is 2. The van der Waals surface area contributed by atoms with E-state index in [1.54, 1.807) is 18.7 Å². The molecule has 5 atom stereocenters. The Morgan fingerprint density at radius 2 is 1.93 bits per heavy atom. The van der Waals surface area contributed by atoms with Gasteiger partial charge in [-0.15, -0.1) is 0 Å². The van der Waals surface area contributed by atoms with Gasteiger partial charge in [0.1, 0.15) is 11.8 Å². The third-order valence-corrected chi connectivity index (χ3v) is 6.59. The van der Waals surface area contributed by atoms with Crippen molar-refractivity contribution in [3.8, 4) is 5.69 Å². The van der Waals surface area contributed by atoms with Crippen LogP contribution in [-0.4, -0.2) is 27.3 Å². The van der Waals surface area contributed by atoms with Crippen LogP contribution in [0.2, 0.25) is 0 Å². The highest BCUT2D eigenvalue weighted by Gasteiger charge is 2.64. The first-order valence-electron chi connectivity index (χ1n) is 9.32. The lowest BCUT2D eigenvalue weighted by atomic mass is 9.79. The Morgan fingerprint density at radius 3 is 2.67 bits per heavy atom. The molecule has 2 aliphatic carbocycles. The topological polar surface area (TPSA) is 82.3 Å². The van der Waals surface area contributed by atoms with E-state index < -0.39 is 5.92 Å². The number of para-hydroxylation sites is 1. The molecule has 0 radical (unpaired) electrons. The van der Waals surface area contributed by atoms with Gasteiger partial charge in [-0.05, 0) is 37.8 Å². The van der Waals surface area contributed by atoms with E-state index in [0.717, 1.165) is 18.5 Å². The van der Waals surface area contributed by atoms with Crippen LogP contribution in [0.1, 0.15) is 18.5 Å². The first-order chi connectivity index (χ1) is 13.0. The number of nitrogens with zero attached hydrogens (tertiary/aromatic N) is 2. The zero-order valence-corrected chi connectivity index (χ0v) is 15.2. The summed E-state index contributed by atoms with van der Waals surface area (Å²) in [7, 11) is 1.79. The van der Waals surface area contributed by atoms with Crippen LogP contribution in [0.3, 0.4) is 0 Å². The van der Waals surface area contributed by atoms with E-state index in [1.807, 2.05) is 30.3 Å². The van der Waals surface area contributed by atoms with E-state index in [0.29, 0.717) is 5.69 Å². The van der Waals surface area contributed by atoms with E-state index in [1.165, 1.54) is 4.68 Å². The number of amides is 1. The number of nitrogens with one attached hydrogen (secondary N) is 1. The molecule has 3 fully saturated rings. The fourth-order valence-corrected chi connectivity index (χ4v) is 5.28. The zero-order chi connectivity index (χ0) is 18.9. The van der Waals surface area contributed by atoms with E-state index in [2.05, 4.69) is 5.32 Å². The van der Waals surface area contributed by atoms with Crippen molar-refractivity contribution in [3.05, 3.63) is 46.4 Å². The number of esters is 1. The molecular formula is C20H21N3O4.